The molecule has 13 heteroatoms. The number of carbonyl (C=O) groups excluding carboxylic acids is 3. The molecule has 0 amide bonds. The minimum Gasteiger partial charge on any atom is -0.452 e. The zero-order chi connectivity index (χ0) is 46.2. The number of rotatable bonds is 19. The zero-order valence-corrected chi connectivity index (χ0v) is 36.6. The van der Waals surface area contributed by atoms with Crippen molar-refractivity contribution in [2.45, 2.75) is 81.5 Å². The molecule has 346 valence electrons. The van der Waals surface area contributed by atoms with E-state index < -0.39 is 73.2 Å². The average molecular weight is 909 g/mol. The van der Waals surface area contributed by atoms with Gasteiger partial charge in [0.05, 0.1) is 55.8 Å². The molecule has 0 aliphatic carbocycles. The Balaban J connectivity index is 1.07. The van der Waals surface area contributed by atoms with E-state index in [-0.39, 0.29) is 49.5 Å². The van der Waals surface area contributed by atoms with Crippen LogP contribution in [-0.2, 0) is 62.5 Å². The van der Waals surface area contributed by atoms with Gasteiger partial charge in [-0.3, -0.25) is 0 Å². The Bertz CT molecular complexity index is 2430. The van der Waals surface area contributed by atoms with Crippen molar-refractivity contribution in [3.05, 3.63) is 215 Å². The Labute approximate surface area is 389 Å². The Hall–Kier alpha value is -6.55. The lowest BCUT2D eigenvalue weighted by Crippen LogP contribution is -2.62. The van der Waals surface area contributed by atoms with Crippen LogP contribution in [0.25, 0.3) is 0 Å². The van der Waals surface area contributed by atoms with Crippen LogP contribution in [0.2, 0.25) is 0 Å². The Morgan fingerprint density at radius 2 is 0.836 bits per heavy atom. The van der Waals surface area contributed by atoms with Crippen molar-refractivity contribution in [3.8, 4) is 0 Å². The summed E-state index contributed by atoms with van der Waals surface area (Å²) >= 11 is 0. The molecular weight excluding hydrogens is 857 g/mol. The number of hydrogen-bond donors (Lipinski definition) is 1. The molecule has 1 N–H and O–H groups in total. The fourth-order valence-electron chi connectivity index (χ4n) is 7.85. The van der Waals surface area contributed by atoms with Crippen LogP contribution < -0.4 is 0 Å². The van der Waals surface area contributed by atoms with Gasteiger partial charge in [-0.1, -0.05) is 146 Å². The summed E-state index contributed by atoms with van der Waals surface area (Å²) in [6.45, 7) is 0.623. The second-order valence-corrected chi connectivity index (χ2v) is 16.0. The molecule has 2 fully saturated rings. The molecule has 9 atom stereocenters. The number of hydrogen-bond acceptors (Lipinski definition) is 13. The maximum atomic E-state index is 13.9. The SMILES string of the molecule is O=C(O[C@@H]1[C@H](OC(=O)c2ccccc2)[C@@H](O)O[C@H](CO[C@H]2C[C@@H](OCc3ccccc3)[C@H](OCc3ccccc3)[C@@H](COCc3ccccc3)O2)[C@H]1OC(=O)c1ccccc1)c1ccccc1. The molecule has 13 nitrogen and oxygen atoms in total. The van der Waals surface area contributed by atoms with Crippen LogP contribution in [0.5, 0.6) is 0 Å². The largest absolute Gasteiger partial charge is 0.452 e. The Morgan fingerprint density at radius 1 is 0.433 bits per heavy atom. The molecule has 6 aromatic rings. The molecule has 0 radical (unpaired) electrons. The van der Waals surface area contributed by atoms with Crippen molar-refractivity contribution in [3.63, 3.8) is 0 Å². The monoisotopic (exact) mass is 908 g/mol. The molecule has 0 bridgehead atoms. The lowest BCUT2D eigenvalue weighted by molar-refractivity contribution is -0.311. The van der Waals surface area contributed by atoms with Gasteiger partial charge in [-0.05, 0) is 53.1 Å². The predicted octanol–water partition coefficient (Wildman–Crippen LogP) is 7.90. The van der Waals surface area contributed by atoms with Crippen molar-refractivity contribution in [1.82, 2.24) is 0 Å². The molecular formula is C54H52O13. The lowest BCUT2D eigenvalue weighted by Gasteiger charge is -2.44. The smallest absolute Gasteiger partial charge is 0.338 e. The van der Waals surface area contributed by atoms with E-state index in [4.69, 9.17) is 42.6 Å². The van der Waals surface area contributed by atoms with E-state index in [0.717, 1.165) is 16.7 Å². The third-order valence-electron chi connectivity index (χ3n) is 11.3. The molecule has 2 saturated heterocycles. The quantitative estimate of drug-likeness (QED) is 0.0619. The van der Waals surface area contributed by atoms with Crippen molar-refractivity contribution in [2.75, 3.05) is 13.2 Å². The van der Waals surface area contributed by atoms with Gasteiger partial charge in [0.2, 0.25) is 0 Å². The third-order valence-corrected chi connectivity index (χ3v) is 11.3. The number of aliphatic hydroxyl groups excluding tert-OH is 1. The van der Waals surface area contributed by atoms with Crippen LogP contribution in [0.15, 0.2) is 182 Å². The average Bonchev–Trinajstić information content (AvgIpc) is 3.38. The minimum atomic E-state index is -1.87. The van der Waals surface area contributed by atoms with E-state index in [0.29, 0.717) is 6.61 Å². The Morgan fingerprint density at radius 3 is 1.33 bits per heavy atom. The topological polar surface area (TPSA) is 155 Å². The first-order chi connectivity index (χ1) is 32.9. The molecule has 67 heavy (non-hydrogen) atoms. The number of carbonyl (C=O) groups is 3. The van der Waals surface area contributed by atoms with Crippen molar-refractivity contribution >= 4 is 17.9 Å². The van der Waals surface area contributed by atoms with Crippen LogP contribution in [0.4, 0.5) is 0 Å². The fourth-order valence-corrected chi connectivity index (χ4v) is 7.85. The summed E-state index contributed by atoms with van der Waals surface area (Å²) in [4.78, 5) is 41.2. The molecule has 2 aliphatic heterocycles. The summed E-state index contributed by atoms with van der Waals surface area (Å²) in [5.41, 5.74) is 3.41. The molecule has 0 spiro atoms. The van der Waals surface area contributed by atoms with E-state index in [1.165, 1.54) is 12.1 Å². The summed E-state index contributed by atoms with van der Waals surface area (Å²) in [5.74, 6) is -2.45. The standard InChI is InChI=1S/C54H52O13/c55-51(40-25-13-4-14-26-40)65-48-45(64-54(58)50(67-53(57)42-29-17-6-18-30-42)49(48)66-52(56)41-27-15-5-16-28-41)36-61-46-31-43(60-33-38-21-9-2-10-22-38)47(62-34-39-23-11-3-12-24-39)44(63-46)35-59-32-37-19-7-1-8-20-37/h1-30,43-50,54,58H,31-36H2/t43-,44-,45-,46-,47+,48-,49+,50+,54+/m1/s1. The number of aliphatic hydroxyl groups is 1. The lowest BCUT2D eigenvalue weighted by atomic mass is 9.97. The van der Waals surface area contributed by atoms with Gasteiger partial charge < -0.3 is 47.7 Å². The molecule has 2 aliphatic rings. The molecule has 6 aromatic carbocycles. The van der Waals surface area contributed by atoms with Crippen LogP contribution in [-0.4, -0.2) is 91.5 Å². The normalized spacial score (nSPS) is 23.7. The van der Waals surface area contributed by atoms with Gasteiger partial charge in [0.15, 0.2) is 30.9 Å². The minimum absolute atomic E-state index is 0.112. The summed E-state index contributed by atoms with van der Waals surface area (Å²) in [6, 6.07) is 53.8. The fraction of sp³-hybridized carbons (Fsp3) is 0.278. The van der Waals surface area contributed by atoms with Gasteiger partial charge >= 0.3 is 17.9 Å². The summed E-state index contributed by atoms with van der Waals surface area (Å²) < 4.78 is 56.8. The van der Waals surface area contributed by atoms with Crippen LogP contribution in [0, 0.1) is 0 Å². The second-order valence-electron chi connectivity index (χ2n) is 16.0. The summed E-state index contributed by atoms with van der Waals surface area (Å²) in [6.07, 6.45) is -10.5. The Kier molecular flexibility index (Phi) is 16.7. The van der Waals surface area contributed by atoms with E-state index >= 15 is 0 Å². The van der Waals surface area contributed by atoms with Crippen molar-refractivity contribution in [1.29, 1.82) is 0 Å². The first kappa shape index (κ1) is 47.0. The third kappa shape index (κ3) is 13.1. The van der Waals surface area contributed by atoms with Gasteiger partial charge in [-0.15, -0.1) is 0 Å². The molecule has 0 aromatic heterocycles. The van der Waals surface area contributed by atoms with E-state index in [1.54, 1.807) is 78.9 Å². The van der Waals surface area contributed by atoms with Crippen LogP contribution in [0.1, 0.15) is 54.2 Å². The van der Waals surface area contributed by atoms with Crippen LogP contribution >= 0.6 is 0 Å². The second kappa shape index (κ2) is 23.8. The number of ether oxygens (including phenoxy) is 9. The molecule has 2 heterocycles. The van der Waals surface area contributed by atoms with Gasteiger partial charge in [-0.2, -0.15) is 0 Å². The van der Waals surface area contributed by atoms with Gasteiger partial charge in [0, 0.05) is 6.42 Å². The molecule has 0 unspecified atom stereocenters. The highest BCUT2D eigenvalue weighted by Crippen LogP contribution is 2.33. The highest BCUT2D eigenvalue weighted by atomic mass is 16.7. The van der Waals surface area contributed by atoms with Crippen molar-refractivity contribution < 1.29 is 62.1 Å². The van der Waals surface area contributed by atoms with Gasteiger partial charge in [0.1, 0.15) is 18.3 Å². The van der Waals surface area contributed by atoms with Gasteiger partial charge in [-0.25, -0.2) is 14.4 Å². The summed E-state index contributed by atoms with van der Waals surface area (Å²) in [7, 11) is 0. The van der Waals surface area contributed by atoms with E-state index in [2.05, 4.69) is 0 Å². The number of esters is 3. The predicted molar refractivity (Wildman–Crippen MR) is 243 cm³/mol. The van der Waals surface area contributed by atoms with Crippen LogP contribution in [0.3, 0.4) is 0 Å². The summed E-state index contributed by atoms with van der Waals surface area (Å²) in [5, 5.41) is 11.7. The zero-order valence-electron chi connectivity index (χ0n) is 36.6. The maximum Gasteiger partial charge on any atom is 0.338 e. The van der Waals surface area contributed by atoms with E-state index in [9.17, 15) is 19.5 Å². The molecule has 0 saturated carbocycles. The van der Waals surface area contributed by atoms with Gasteiger partial charge in [0.25, 0.3) is 0 Å². The molecule has 8 rings (SSSR count). The maximum absolute atomic E-state index is 13.9. The highest BCUT2D eigenvalue weighted by Gasteiger charge is 2.53. The number of benzene rings is 6. The first-order valence-corrected chi connectivity index (χ1v) is 22.2. The van der Waals surface area contributed by atoms with E-state index in [1.807, 2.05) is 91.0 Å². The van der Waals surface area contributed by atoms with Crippen molar-refractivity contribution in [2.24, 2.45) is 0 Å². The first-order valence-electron chi connectivity index (χ1n) is 22.2. The highest BCUT2D eigenvalue weighted by molar-refractivity contribution is 5.91.